The number of amides is 2. The van der Waals surface area contributed by atoms with Gasteiger partial charge in [0.1, 0.15) is 37.5 Å². The lowest BCUT2D eigenvalue weighted by Crippen LogP contribution is -2.54. The highest BCUT2D eigenvalue weighted by Gasteiger charge is 2.32. The average Bonchev–Trinajstić information content (AvgIpc) is 3.24. The van der Waals surface area contributed by atoms with Crippen LogP contribution < -0.4 is 27.7 Å². The summed E-state index contributed by atoms with van der Waals surface area (Å²) in [5, 5.41) is 5.08. The van der Waals surface area contributed by atoms with Crippen molar-refractivity contribution in [3.63, 3.8) is 0 Å². The molecule has 0 fully saturated rings. The van der Waals surface area contributed by atoms with Crippen LogP contribution in [0.2, 0.25) is 0 Å². The first-order valence-electron chi connectivity index (χ1n) is 19.1. The van der Waals surface area contributed by atoms with E-state index in [2.05, 4.69) is 36.9 Å². The zero-order chi connectivity index (χ0) is 45.8. The Morgan fingerprint density at radius 3 is 1.11 bits per heavy atom. The highest BCUT2D eigenvalue weighted by atomic mass is 32.2. The number of nitrogens with one attached hydrogen (secondary N) is 2. The molecule has 0 aliphatic carbocycles. The van der Waals surface area contributed by atoms with Crippen molar-refractivity contribution in [3.8, 4) is 0 Å². The topological polar surface area (TPSA) is 248 Å². The molecular formula is C39H57N5O15S2. The number of thioether (sulfide) groups is 2. The summed E-state index contributed by atoms with van der Waals surface area (Å²) < 4.78 is 33.6. The monoisotopic (exact) mass is 899 g/mol. The van der Waals surface area contributed by atoms with Gasteiger partial charge < -0.3 is 39.1 Å². The number of hydrogen-bond donors (Lipinski definition) is 2. The summed E-state index contributed by atoms with van der Waals surface area (Å²) in [4.78, 5) is 110. The minimum Gasteiger partial charge on any atom is -0.460 e. The number of rotatable bonds is 31. The predicted molar refractivity (Wildman–Crippen MR) is 228 cm³/mol. The first-order valence-corrected chi connectivity index (χ1v) is 21.5. The first-order chi connectivity index (χ1) is 29.0. The largest absolute Gasteiger partial charge is 0.460 e. The van der Waals surface area contributed by atoms with Crippen molar-refractivity contribution < 1.29 is 57.2 Å². The molecule has 0 atom stereocenters. The summed E-state index contributed by atoms with van der Waals surface area (Å²) in [6, 6.07) is 0. The summed E-state index contributed by atoms with van der Waals surface area (Å²) in [6.07, 6.45) is 4.04. The molecule has 0 saturated heterocycles. The molecule has 0 aromatic carbocycles. The molecule has 2 amide bonds. The van der Waals surface area contributed by atoms with Crippen LogP contribution in [0, 0.1) is 0 Å². The number of carbonyl (C=O) groups excluding carboxylic acids is 6. The maximum Gasteiger partial charge on any atom is 0.407 e. The van der Waals surface area contributed by atoms with Crippen molar-refractivity contribution >= 4 is 59.6 Å². The quantitative estimate of drug-likeness (QED) is 0.0469. The van der Waals surface area contributed by atoms with E-state index in [0.29, 0.717) is 48.7 Å². The maximum atomic E-state index is 13.2. The zero-order valence-corrected chi connectivity index (χ0v) is 36.6. The highest BCUT2D eigenvalue weighted by molar-refractivity contribution is 7.99. The van der Waals surface area contributed by atoms with Crippen LogP contribution >= 0.6 is 23.5 Å². The van der Waals surface area contributed by atoms with Gasteiger partial charge in [-0.2, -0.15) is 23.5 Å². The molecule has 0 aliphatic rings. The summed E-state index contributed by atoms with van der Waals surface area (Å²) >= 11 is 3.04. The lowest BCUT2D eigenvalue weighted by molar-refractivity contribution is -0.146. The van der Waals surface area contributed by atoms with Gasteiger partial charge in [-0.1, -0.05) is 26.3 Å². The Balaban J connectivity index is 2.55. The van der Waals surface area contributed by atoms with Gasteiger partial charge in [-0.15, -0.1) is 0 Å². The van der Waals surface area contributed by atoms with Crippen LogP contribution in [0.4, 0.5) is 9.59 Å². The number of ether oxygens (including phenoxy) is 6. The van der Waals surface area contributed by atoms with Crippen molar-refractivity contribution in [1.29, 1.82) is 0 Å². The van der Waals surface area contributed by atoms with E-state index in [-0.39, 0.29) is 59.3 Å². The van der Waals surface area contributed by atoms with Crippen molar-refractivity contribution in [2.45, 2.75) is 77.2 Å². The van der Waals surface area contributed by atoms with Crippen molar-refractivity contribution in [1.82, 2.24) is 24.3 Å². The summed E-state index contributed by atoms with van der Waals surface area (Å²) in [5.74, 6) is -0.591. The second kappa shape index (κ2) is 28.9. The van der Waals surface area contributed by atoms with E-state index < -0.39 is 64.2 Å². The Labute approximate surface area is 362 Å². The van der Waals surface area contributed by atoms with Gasteiger partial charge in [-0.05, 0) is 69.5 Å². The van der Waals surface area contributed by atoms with Gasteiger partial charge in [0.15, 0.2) is 0 Å². The summed E-state index contributed by atoms with van der Waals surface area (Å²) in [6.45, 7) is 17.0. The van der Waals surface area contributed by atoms with E-state index in [1.54, 1.807) is 6.92 Å². The molecule has 0 unspecified atom stereocenters. The standard InChI is InChI=1S/C39H57N5O15S2/c1-8-29(45)56-25-38(6,26-57-30(46)9-2)40-33(49)54-19-15-23-60-21-13-17-43-35(51)42(12-5)36(52)44(37(43)53)18-14-22-61-24-16-20-55-34(50)41-39(7,27-58-31(47)10-3)28-59-32(48)11-4/h8-11H,1-4,12-28H2,5-7H3,(H,40,49)(H,41,50). The second-order valence-electron chi connectivity index (χ2n) is 13.4. The zero-order valence-electron chi connectivity index (χ0n) is 34.9. The molecule has 0 aliphatic heterocycles. The molecule has 340 valence electrons. The van der Waals surface area contributed by atoms with E-state index in [9.17, 15) is 43.2 Å². The third-order valence-electron chi connectivity index (χ3n) is 7.98. The van der Waals surface area contributed by atoms with E-state index in [1.807, 2.05) is 0 Å². The lowest BCUT2D eigenvalue weighted by atomic mass is 10.1. The smallest absolute Gasteiger partial charge is 0.407 e. The minimum absolute atomic E-state index is 0.0537. The van der Waals surface area contributed by atoms with Crippen LogP contribution in [0.1, 0.15) is 46.5 Å². The normalized spacial score (nSPS) is 11.0. The third-order valence-corrected chi connectivity index (χ3v) is 10.3. The van der Waals surface area contributed by atoms with Gasteiger partial charge >= 0.3 is 53.1 Å². The van der Waals surface area contributed by atoms with E-state index in [1.165, 1.54) is 37.4 Å². The Morgan fingerprint density at radius 1 is 0.525 bits per heavy atom. The van der Waals surface area contributed by atoms with Crippen LogP contribution in [-0.2, 0) is 67.2 Å². The molecule has 20 nitrogen and oxygen atoms in total. The number of hydrogen-bond acceptors (Lipinski definition) is 17. The van der Waals surface area contributed by atoms with Gasteiger partial charge in [0.25, 0.3) is 0 Å². The van der Waals surface area contributed by atoms with Crippen molar-refractivity contribution in [3.05, 3.63) is 82.1 Å². The molecule has 0 radical (unpaired) electrons. The molecule has 1 aromatic heterocycles. The van der Waals surface area contributed by atoms with Crippen LogP contribution in [0.3, 0.4) is 0 Å². The number of aromatic nitrogens is 3. The molecule has 61 heavy (non-hydrogen) atoms. The number of alkyl carbamates (subject to hydrolysis) is 2. The minimum atomic E-state index is -1.29. The molecule has 0 saturated carbocycles. The fraction of sp³-hybridized carbons (Fsp3) is 0.564. The Hall–Kier alpha value is -5.51. The second-order valence-corrected chi connectivity index (χ2v) is 15.9. The van der Waals surface area contributed by atoms with Gasteiger partial charge in [-0.3, -0.25) is 0 Å². The molecule has 1 rings (SSSR count). The Bertz CT molecular complexity index is 1700. The number of carbonyl (C=O) groups is 6. The number of nitrogens with zero attached hydrogens (tertiary/aromatic N) is 3. The third kappa shape index (κ3) is 21.0. The molecule has 0 spiro atoms. The van der Waals surface area contributed by atoms with Crippen molar-refractivity contribution in [2.75, 3.05) is 62.7 Å². The Morgan fingerprint density at radius 2 is 0.820 bits per heavy atom. The van der Waals surface area contributed by atoms with E-state index in [0.717, 1.165) is 38.0 Å². The molecule has 1 aromatic rings. The van der Waals surface area contributed by atoms with E-state index in [4.69, 9.17) is 28.4 Å². The molecular weight excluding hydrogens is 843 g/mol. The number of esters is 4. The van der Waals surface area contributed by atoms with Gasteiger partial charge in [-0.25, -0.2) is 56.9 Å². The van der Waals surface area contributed by atoms with Crippen LogP contribution in [0.25, 0.3) is 0 Å². The average molecular weight is 900 g/mol. The lowest BCUT2D eigenvalue weighted by Gasteiger charge is -2.29. The molecule has 2 N–H and O–H groups in total. The van der Waals surface area contributed by atoms with Crippen molar-refractivity contribution in [2.24, 2.45) is 0 Å². The van der Waals surface area contributed by atoms with E-state index >= 15 is 0 Å². The SMILES string of the molecule is C=CC(=O)OCC(C)(COC(=O)C=C)NC(=O)OCCCSCCCn1c(=O)n(CC)c(=O)n(CCCSCCCOC(=O)NC(C)(COC(=O)C=C)COC(=O)C=C)c1=O. The fourth-order valence-corrected chi connectivity index (χ4v) is 6.51. The van der Waals surface area contributed by atoms with Crippen LogP contribution in [-0.4, -0.2) is 123 Å². The summed E-state index contributed by atoms with van der Waals surface area (Å²) in [5.41, 5.74) is -4.63. The van der Waals surface area contributed by atoms with Gasteiger partial charge in [0.05, 0.1) is 13.2 Å². The highest BCUT2D eigenvalue weighted by Crippen LogP contribution is 2.11. The van der Waals surface area contributed by atoms with Crippen LogP contribution in [0.5, 0.6) is 0 Å². The summed E-state index contributed by atoms with van der Waals surface area (Å²) in [7, 11) is 0. The Kier molecular flexibility index (Phi) is 25.3. The molecule has 22 heteroatoms. The maximum absolute atomic E-state index is 13.2. The van der Waals surface area contributed by atoms with Gasteiger partial charge in [0, 0.05) is 43.9 Å². The van der Waals surface area contributed by atoms with Gasteiger partial charge in [0.2, 0.25) is 0 Å². The molecule has 1 heterocycles. The fourth-order valence-electron chi connectivity index (χ4n) is 4.79. The first kappa shape index (κ1) is 53.5. The predicted octanol–water partition coefficient (Wildman–Crippen LogP) is 2.11. The van der Waals surface area contributed by atoms with Crippen LogP contribution in [0.15, 0.2) is 65.0 Å². The molecule has 0 bridgehead atoms.